The number of hydrogen-bond acceptors (Lipinski definition) is 3. The van der Waals surface area contributed by atoms with Crippen LogP contribution in [0.5, 0.6) is 5.88 Å². The van der Waals surface area contributed by atoms with Gasteiger partial charge in [-0.2, -0.15) is 0 Å². The van der Waals surface area contributed by atoms with Gasteiger partial charge in [0.2, 0.25) is 11.8 Å². The van der Waals surface area contributed by atoms with E-state index in [1.54, 1.807) is 12.0 Å². The number of allylic oxidation sites excluding steroid dienone is 2. The van der Waals surface area contributed by atoms with Crippen LogP contribution in [0, 0.1) is 11.8 Å². The van der Waals surface area contributed by atoms with Crippen LogP contribution in [0.3, 0.4) is 0 Å². The maximum absolute atomic E-state index is 12.4. The highest BCUT2D eigenvalue weighted by molar-refractivity contribution is 5.78. The Hall–Kier alpha value is -1.84. The van der Waals surface area contributed by atoms with Crippen LogP contribution in [-0.2, 0) is 16.6 Å². The molecule has 1 aromatic heterocycles. The molecule has 0 fully saturated rings. The Balaban J connectivity index is 2.06. The molecule has 0 spiro atoms. The van der Waals surface area contributed by atoms with Crippen molar-refractivity contribution in [3.8, 4) is 5.88 Å². The van der Waals surface area contributed by atoms with Gasteiger partial charge in [-0.1, -0.05) is 25.1 Å². The largest absolute Gasteiger partial charge is 0.481 e. The van der Waals surface area contributed by atoms with Crippen molar-refractivity contribution in [2.45, 2.75) is 31.6 Å². The van der Waals surface area contributed by atoms with Crippen molar-refractivity contribution in [1.29, 1.82) is 0 Å². The van der Waals surface area contributed by atoms with Crippen molar-refractivity contribution in [2.24, 2.45) is 11.8 Å². The Kier molecular flexibility index (Phi) is 3.71. The number of nitrogens with zero attached hydrogens (tertiary/aromatic N) is 2. The van der Waals surface area contributed by atoms with Gasteiger partial charge >= 0.3 is 0 Å². The molecular weight excluding hydrogens is 276 g/mol. The predicted molar refractivity (Wildman–Crippen MR) is 85.9 cm³/mol. The molecule has 0 unspecified atom stereocenters. The van der Waals surface area contributed by atoms with Crippen molar-refractivity contribution < 1.29 is 9.53 Å². The van der Waals surface area contributed by atoms with Gasteiger partial charge in [-0.3, -0.25) is 4.79 Å². The van der Waals surface area contributed by atoms with E-state index < -0.39 is 0 Å². The third-order valence-corrected chi connectivity index (χ3v) is 5.15. The highest BCUT2D eigenvalue weighted by Gasteiger charge is 2.49. The van der Waals surface area contributed by atoms with Crippen molar-refractivity contribution in [2.75, 3.05) is 21.2 Å². The Morgan fingerprint density at radius 2 is 2.23 bits per heavy atom. The molecule has 4 heteroatoms. The van der Waals surface area contributed by atoms with Crippen LogP contribution < -0.4 is 4.74 Å². The molecule has 0 N–H and O–H groups in total. The number of rotatable bonds is 3. The van der Waals surface area contributed by atoms with Gasteiger partial charge in [-0.15, -0.1) is 0 Å². The first-order valence-corrected chi connectivity index (χ1v) is 7.90. The van der Waals surface area contributed by atoms with Gasteiger partial charge in [0, 0.05) is 37.7 Å². The smallest absolute Gasteiger partial charge is 0.223 e. The van der Waals surface area contributed by atoms with Gasteiger partial charge < -0.3 is 9.64 Å². The monoisotopic (exact) mass is 300 g/mol. The average molecular weight is 300 g/mol. The summed E-state index contributed by atoms with van der Waals surface area (Å²) in [4.78, 5) is 18.7. The third kappa shape index (κ3) is 2.31. The van der Waals surface area contributed by atoms with E-state index in [2.05, 4.69) is 30.1 Å². The maximum Gasteiger partial charge on any atom is 0.223 e. The Bertz CT molecular complexity index is 624. The van der Waals surface area contributed by atoms with E-state index in [4.69, 9.17) is 4.74 Å². The minimum absolute atomic E-state index is 0.174. The summed E-state index contributed by atoms with van der Waals surface area (Å²) in [5, 5.41) is 0. The van der Waals surface area contributed by atoms with Gasteiger partial charge in [0.25, 0.3) is 0 Å². The second-order valence-corrected chi connectivity index (χ2v) is 6.83. The summed E-state index contributed by atoms with van der Waals surface area (Å²) in [7, 11) is 5.29. The number of aromatic nitrogens is 1. The minimum Gasteiger partial charge on any atom is -0.481 e. The summed E-state index contributed by atoms with van der Waals surface area (Å²) >= 11 is 0. The number of hydrogen-bond donors (Lipinski definition) is 0. The van der Waals surface area contributed by atoms with E-state index in [0.717, 1.165) is 18.5 Å². The van der Waals surface area contributed by atoms with Gasteiger partial charge in [0.1, 0.15) is 0 Å². The number of fused-ring (bicyclic) bond motifs is 3. The fourth-order valence-electron chi connectivity index (χ4n) is 3.90. The molecule has 118 valence electrons. The molecule has 0 aliphatic heterocycles. The van der Waals surface area contributed by atoms with Gasteiger partial charge in [-0.05, 0) is 30.2 Å². The van der Waals surface area contributed by atoms with E-state index in [0.29, 0.717) is 24.1 Å². The highest BCUT2D eigenvalue weighted by Crippen LogP contribution is 2.51. The van der Waals surface area contributed by atoms with Crippen molar-refractivity contribution in [3.05, 3.63) is 35.5 Å². The average Bonchev–Trinajstić information content (AvgIpc) is 2.79. The summed E-state index contributed by atoms with van der Waals surface area (Å²) in [6, 6.07) is 4.01. The zero-order valence-electron chi connectivity index (χ0n) is 13.8. The standard InChI is InChI=1S/C18H24N2O2/c1-12-7-8-18(11-17(21)20(2)3)13(9-12)10-15-14(18)5-6-16(19-15)22-4/h5-8,12-13H,9-11H2,1-4H3/t12-,13-,18+/m0/s1. The van der Waals surface area contributed by atoms with E-state index >= 15 is 0 Å². The molecule has 3 rings (SSSR count). The Morgan fingerprint density at radius 3 is 2.91 bits per heavy atom. The van der Waals surface area contributed by atoms with Crippen LogP contribution in [0.15, 0.2) is 24.3 Å². The molecule has 4 nitrogen and oxygen atoms in total. The first-order valence-electron chi connectivity index (χ1n) is 7.90. The SMILES string of the molecule is COc1ccc2c(n1)C[C@@H]1C[C@@H](C)C=C[C@]21CC(=O)N(C)C. The lowest BCUT2D eigenvalue weighted by atomic mass is 9.66. The maximum atomic E-state index is 12.4. The number of pyridine rings is 1. The van der Waals surface area contributed by atoms with Crippen LogP contribution >= 0.6 is 0 Å². The van der Waals surface area contributed by atoms with E-state index in [-0.39, 0.29) is 11.3 Å². The highest BCUT2D eigenvalue weighted by atomic mass is 16.5. The van der Waals surface area contributed by atoms with Gasteiger partial charge in [-0.25, -0.2) is 4.98 Å². The number of ether oxygens (including phenoxy) is 1. The molecule has 1 amide bonds. The Labute approximate surface area is 132 Å². The third-order valence-electron chi connectivity index (χ3n) is 5.15. The fraction of sp³-hybridized carbons (Fsp3) is 0.556. The molecule has 0 saturated carbocycles. The van der Waals surface area contributed by atoms with Crippen molar-refractivity contribution >= 4 is 5.91 Å². The van der Waals surface area contributed by atoms with Crippen LogP contribution in [-0.4, -0.2) is 37.0 Å². The zero-order valence-corrected chi connectivity index (χ0v) is 13.8. The molecule has 2 aliphatic carbocycles. The van der Waals surface area contributed by atoms with Crippen LogP contribution in [0.25, 0.3) is 0 Å². The molecule has 2 aliphatic rings. The lowest BCUT2D eigenvalue weighted by Gasteiger charge is -2.38. The molecule has 0 aromatic carbocycles. The van der Waals surface area contributed by atoms with Gasteiger partial charge in [0.15, 0.2) is 0 Å². The van der Waals surface area contributed by atoms with Gasteiger partial charge in [0.05, 0.1) is 7.11 Å². The summed E-state index contributed by atoms with van der Waals surface area (Å²) in [6.07, 6.45) is 7.10. The molecule has 1 heterocycles. The molecule has 22 heavy (non-hydrogen) atoms. The van der Waals surface area contributed by atoms with Crippen LogP contribution in [0.4, 0.5) is 0 Å². The van der Waals surface area contributed by atoms with E-state index in [1.807, 2.05) is 20.2 Å². The first-order chi connectivity index (χ1) is 10.5. The summed E-state index contributed by atoms with van der Waals surface area (Å²) in [6.45, 7) is 2.24. The number of carbonyl (C=O) groups is 1. The predicted octanol–water partition coefficient (Wildman–Crippen LogP) is 2.57. The van der Waals surface area contributed by atoms with Crippen LogP contribution in [0.2, 0.25) is 0 Å². The summed E-state index contributed by atoms with van der Waals surface area (Å²) in [5.41, 5.74) is 2.11. The van der Waals surface area contributed by atoms with E-state index in [1.165, 1.54) is 5.56 Å². The first kappa shape index (κ1) is 15.1. The molecule has 3 atom stereocenters. The molecule has 0 bridgehead atoms. The minimum atomic E-state index is -0.192. The zero-order chi connectivity index (χ0) is 15.9. The lowest BCUT2D eigenvalue weighted by molar-refractivity contribution is -0.130. The second kappa shape index (κ2) is 5.41. The second-order valence-electron chi connectivity index (χ2n) is 6.83. The number of methoxy groups -OCH3 is 1. The van der Waals surface area contributed by atoms with Crippen molar-refractivity contribution in [3.63, 3.8) is 0 Å². The molecule has 0 radical (unpaired) electrons. The topological polar surface area (TPSA) is 42.4 Å². The quantitative estimate of drug-likeness (QED) is 0.806. The molecule has 0 saturated heterocycles. The summed E-state index contributed by atoms with van der Waals surface area (Å²) < 4.78 is 5.26. The lowest BCUT2D eigenvalue weighted by Crippen LogP contribution is -2.39. The van der Waals surface area contributed by atoms with Crippen molar-refractivity contribution in [1.82, 2.24) is 9.88 Å². The normalized spacial score (nSPS) is 28.9. The molecule has 1 aromatic rings. The number of carbonyl (C=O) groups excluding carboxylic acids is 1. The van der Waals surface area contributed by atoms with E-state index in [9.17, 15) is 4.79 Å². The molecular formula is C18H24N2O2. The summed E-state index contributed by atoms with van der Waals surface area (Å²) in [5.74, 6) is 1.84. The number of amides is 1. The van der Waals surface area contributed by atoms with Crippen LogP contribution in [0.1, 0.15) is 31.0 Å². The fourth-order valence-corrected chi connectivity index (χ4v) is 3.90. The Morgan fingerprint density at radius 1 is 1.45 bits per heavy atom.